The van der Waals surface area contributed by atoms with Gasteiger partial charge in [0.05, 0.1) is 5.92 Å². The van der Waals surface area contributed by atoms with E-state index in [1.54, 1.807) is 12.1 Å². The summed E-state index contributed by atoms with van der Waals surface area (Å²) >= 11 is 3.35. The molecule has 1 aromatic rings. The highest BCUT2D eigenvalue weighted by Gasteiger charge is 2.48. The number of nitrogens with two attached hydrogens (primary N) is 1. The Balaban J connectivity index is 0.00000225. The van der Waals surface area contributed by atoms with Crippen LogP contribution in [0.25, 0.3) is 0 Å². The van der Waals surface area contributed by atoms with Gasteiger partial charge in [-0.15, -0.1) is 12.4 Å². The van der Waals surface area contributed by atoms with Crippen molar-refractivity contribution in [3.63, 3.8) is 0 Å². The summed E-state index contributed by atoms with van der Waals surface area (Å²) in [6.07, 6.45) is 4.14. The van der Waals surface area contributed by atoms with E-state index in [9.17, 15) is 9.59 Å². The minimum Gasteiger partial charge on any atom is -0.356 e. The molecule has 0 radical (unpaired) electrons. The van der Waals surface area contributed by atoms with Gasteiger partial charge in [-0.25, -0.2) is 0 Å². The maximum Gasteiger partial charge on any atom is 0.251 e. The van der Waals surface area contributed by atoms with Crippen molar-refractivity contribution in [2.75, 3.05) is 13.1 Å². The Morgan fingerprint density at radius 2 is 1.88 bits per heavy atom. The summed E-state index contributed by atoms with van der Waals surface area (Å²) in [6.45, 7) is 1.10. The van der Waals surface area contributed by atoms with Crippen molar-refractivity contribution >= 4 is 40.2 Å². The highest BCUT2D eigenvalue weighted by atomic mass is 79.9. The summed E-state index contributed by atoms with van der Waals surface area (Å²) in [5, 5.41) is 5.85. The van der Waals surface area contributed by atoms with Crippen LogP contribution in [0, 0.1) is 17.8 Å². The van der Waals surface area contributed by atoms with Crippen LogP contribution in [0.4, 0.5) is 0 Å². The Bertz CT molecular complexity index is 626. The minimum atomic E-state index is -0.0993. The monoisotopic (exact) mass is 429 g/mol. The van der Waals surface area contributed by atoms with Crippen LogP contribution in [0.3, 0.4) is 0 Å². The Kier molecular flexibility index (Phi) is 7.28. The first kappa shape index (κ1) is 20.2. The van der Waals surface area contributed by atoms with E-state index in [0.29, 0.717) is 36.9 Å². The number of hydrogen-bond donors (Lipinski definition) is 3. The molecule has 138 valence electrons. The largest absolute Gasteiger partial charge is 0.356 e. The lowest BCUT2D eigenvalue weighted by Gasteiger charge is -2.27. The molecule has 5 nitrogen and oxygen atoms in total. The number of benzene rings is 1. The van der Waals surface area contributed by atoms with E-state index in [2.05, 4.69) is 26.6 Å². The maximum atomic E-state index is 12.3. The summed E-state index contributed by atoms with van der Waals surface area (Å²) < 4.78 is 0.879. The molecular weight excluding hydrogens is 406 g/mol. The highest BCUT2D eigenvalue weighted by Crippen LogP contribution is 2.47. The summed E-state index contributed by atoms with van der Waals surface area (Å²) in [5.74, 6) is 0.988. The molecule has 2 aliphatic rings. The third kappa shape index (κ3) is 4.74. The first-order chi connectivity index (χ1) is 11.6. The second-order valence-corrected chi connectivity index (χ2v) is 7.76. The number of hydrogen-bond acceptors (Lipinski definition) is 3. The third-order valence-corrected chi connectivity index (χ3v) is 5.80. The average molecular weight is 431 g/mol. The fourth-order valence-corrected chi connectivity index (χ4v) is 4.48. The van der Waals surface area contributed by atoms with Gasteiger partial charge in [0.2, 0.25) is 5.91 Å². The zero-order chi connectivity index (χ0) is 17.1. The van der Waals surface area contributed by atoms with Crippen LogP contribution in [0.5, 0.6) is 0 Å². The predicted molar refractivity (Wildman–Crippen MR) is 104 cm³/mol. The van der Waals surface area contributed by atoms with Crippen molar-refractivity contribution in [3.05, 3.63) is 34.3 Å². The normalized spacial score (nSPS) is 26.8. The lowest BCUT2D eigenvalue weighted by molar-refractivity contribution is -0.127. The SMILES string of the molecule is Cl.NC1C2CCC(C2)C1C(=O)NCCCNC(=O)c1cccc(Br)c1. The van der Waals surface area contributed by atoms with Gasteiger partial charge >= 0.3 is 0 Å². The summed E-state index contributed by atoms with van der Waals surface area (Å²) in [5.41, 5.74) is 6.82. The molecule has 4 atom stereocenters. The van der Waals surface area contributed by atoms with Gasteiger partial charge in [0, 0.05) is 29.2 Å². The molecule has 0 spiro atoms. The Morgan fingerprint density at radius 1 is 1.16 bits per heavy atom. The first-order valence-electron chi connectivity index (χ1n) is 8.63. The van der Waals surface area contributed by atoms with Crippen LogP contribution in [0.15, 0.2) is 28.7 Å². The van der Waals surface area contributed by atoms with Crippen LogP contribution >= 0.6 is 28.3 Å². The van der Waals surface area contributed by atoms with Crippen LogP contribution < -0.4 is 16.4 Å². The lowest BCUT2D eigenvalue weighted by atomic mass is 9.84. The van der Waals surface area contributed by atoms with Crippen molar-refractivity contribution in [2.45, 2.75) is 31.7 Å². The van der Waals surface area contributed by atoms with E-state index in [-0.39, 0.29) is 36.2 Å². The number of halogens is 2. The van der Waals surface area contributed by atoms with Crippen LogP contribution in [0.1, 0.15) is 36.0 Å². The molecule has 1 aromatic carbocycles. The predicted octanol–water partition coefficient (Wildman–Crippen LogP) is 2.48. The van der Waals surface area contributed by atoms with Crippen LogP contribution in [-0.4, -0.2) is 30.9 Å². The molecule has 2 saturated carbocycles. The molecule has 0 aliphatic heterocycles. The molecule has 25 heavy (non-hydrogen) atoms. The standard InChI is InChI=1S/C18H24BrN3O2.ClH/c19-14-4-1-3-13(10-14)17(23)21-7-2-8-22-18(24)15-11-5-6-12(9-11)16(15)20;/h1,3-4,10-12,15-16H,2,5-9,20H2,(H,21,23)(H,22,24);1H. The van der Waals surface area contributed by atoms with E-state index in [4.69, 9.17) is 5.73 Å². The number of rotatable bonds is 6. The third-order valence-electron chi connectivity index (χ3n) is 5.31. The second kappa shape index (κ2) is 9.01. The molecule has 0 saturated heterocycles. The van der Waals surface area contributed by atoms with E-state index in [1.165, 1.54) is 6.42 Å². The van der Waals surface area contributed by atoms with Gasteiger partial charge < -0.3 is 16.4 Å². The number of carbonyl (C=O) groups excluding carboxylic acids is 2. The molecular formula is C18H25BrClN3O2. The average Bonchev–Trinajstić information content (AvgIpc) is 3.15. The van der Waals surface area contributed by atoms with E-state index in [0.717, 1.165) is 17.3 Å². The second-order valence-electron chi connectivity index (χ2n) is 6.85. The van der Waals surface area contributed by atoms with Gasteiger partial charge in [0.15, 0.2) is 0 Å². The smallest absolute Gasteiger partial charge is 0.251 e. The van der Waals surface area contributed by atoms with Crippen molar-refractivity contribution in [3.8, 4) is 0 Å². The van der Waals surface area contributed by atoms with Gasteiger partial charge in [-0.2, -0.15) is 0 Å². The summed E-state index contributed by atoms with van der Waals surface area (Å²) in [6, 6.07) is 7.30. The summed E-state index contributed by atoms with van der Waals surface area (Å²) in [4.78, 5) is 24.3. The van der Waals surface area contributed by atoms with E-state index in [1.807, 2.05) is 12.1 Å². The van der Waals surface area contributed by atoms with E-state index < -0.39 is 0 Å². The number of nitrogens with one attached hydrogen (secondary N) is 2. The van der Waals surface area contributed by atoms with Gasteiger partial charge in [0.1, 0.15) is 0 Å². The van der Waals surface area contributed by atoms with E-state index >= 15 is 0 Å². The number of amides is 2. The Labute approximate surface area is 163 Å². The minimum absolute atomic E-state index is 0. The zero-order valence-corrected chi connectivity index (χ0v) is 16.4. The Morgan fingerprint density at radius 3 is 2.56 bits per heavy atom. The zero-order valence-electron chi connectivity index (χ0n) is 14.0. The fraction of sp³-hybridized carbons (Fsp3) is 0.556. The van der Waals surface area contributed by atoms with Crippen LogP contribution in [0.2, 0.25) is 0 Å². The maximum absolute atomic E-state index is 12.3. The van der Waals surface area contributed by atoms with Gasteiger partial charge in [-0.3, -0.25) is 9.59 Å². The van der Waals surface area contributed by atoms with Crippen molar-refractivity contribution < 1.29 is 9.59 Å². The number of carbonyl (C=O) groups is 2. The van der Waals surface area contributed by atoms with Crippen LogP contribution in [-0.2, 0) is 4.79 Å². The van der Waals surface area contributed by atoms with Crippen molar-refractivity contribution in [1.82, 2.24) is 10.6 Å². The van der Waals surface area contributed by atoms with Crippen molar-refractivity contribution in [2.24, 2.45) is 23.5 Å². The molecule has 2 amide bonds. The fourth-order valence-electron chi connectivity index (χ4n) is 4.08. The number of fused-ring (bicyclic) bond motifs is 2. The topological polar surface area (TPSA) is 84.2 Å². The molecule has 4 N–H and O–H groups in total. The molecule has 3 rings (SSSR count). The molecule has 2 fully saturated rings. The Hall–Kier alpha value is -1.11. The molecule has 0 aromatic heterocycles. The molecule has 7 heteroatoms. The van der Waals surface area contributed by atoms with Gasteiger partial charge in [-0.1, -0.05) is 22.0 Å². The highest BCUT2D eigenvalue weighted by molar-refractivity contribution is 9.10. The molecule has 2 bridgehead atoms. The molecule has 2 aliphatic carbocycles. The molecule has 4 unspecified atom stereocenters. The quantitative estimate of drug-likeness (QED) is 0.606. The molecule has 0 heterocycles. The van der Waals surface area contributed by atoms with Crippen molar-refractivity contribution in [1.29, 1.82) is 0 Å². The lowest BCUT2D eigenvalue weighted by Crippen LogP contribution is -2.45. The van der Waals surface area contributed by atoms with Gasteiger partial charge in [-0.05, 0) is 55.7 Å². The first-order valence-corrected chi connectivity index (χ1v) is 9.42. The van der Waals surface area contributed by atoms with Gasteiger partial charge in [0.25, 0.3) is 5.91 Å². The summed E-state index contributed by atoms with van der Waals surface area (Å²) in [7, 11) is 0.